The maximum absolute atomic E-state index is 11.1. The van der Waals surface area contributed by atoms with E-state index in [1.165, 1.54) is 5.55 Å². The van der Waals surface area contributed by atoms with E-state index >= 15 is 0 Å². The third-order valence-electron chi connectivity index (χ3n) is 4.19. The molecule has 0 aromatic heterocycles. The SMILES string of the molecule is CNc1ccc(COC=S)c(CCC2CC(O)CC(C(=O)O)O2)c1. The van der Waals surface area contributed by atoms with Crippen molar-refractivity contribution in [1.82, 2.24) is 0 Å². The number of aliphatic hydroxyl groups excluding tert-OH is 1. The summed E-state index contributed by atoms with van der Waals surface area (Å²) in [5, 5.41) is 22.1. The van der Waals surface area contributed by atoms with Gasteiger partial charge in [0.05, 0.1) is 12.2 Å². The number of hydrogen-bond donors (Lipinski definition) is 3. The first-order valence-corrected chi connectivity index (χ1v) is 8.41. The lowest BCUT2D eigenvalue weighted by atomic mass is 9.95. The van der Waals surface area contributed by atoms with Gasteiger partial charge in [0.25, 0.3) is 0 Å². The summed E-state index contributed by atoms with van der Waals surface area (Å²) in [5.41, 5.74) is 4.35. The molecule has 1 aliphatic rings. The van der Waals surface area contributed by atoms with Crippen LogP contribution in [0.1, 0.15) is 30.4 Å². The number of thiocarbonyl (C=S) groups is 1. The first kappa shape index (κ1) is 18.6. The number of hydrogen-bond acceptors (Lipinski definition) is 6. The van der Waals surface area contributed by atoms with Crippen molar-refractivity contribution in [1.29, 1.82) is 0 Å². The third kappa shape index (κ3) is 5.15. The highest BCUT2D eigenvalue weighted by Gasteiger charge is 2.32. The quantitative estimate of drug-likeness (QED) is 0.617. The lowest BCUT2D eigenvalue weighted by molar-refractivity contribution is -0.166. The molecule has 0 bridgehead atoms. The summed E-state index contributed by atoms with van der Waals surface area (Å²) >= 11 is 4.70. The van der Waals surface area contributed by atoms with Crippen molar-refractivity contribution in [3.05, 3.63) is 29.3 Å². The Balaban J connectivity index is 2.03. The van der Waals surface area contributed by atoms with Gasteiger partial charge in [0.1, 0.15) is 12.2 Å². The summed E-state index contributed by atoms with van der Waals surface area (Å²) in [4.78, 5) is 11.1. The van der Waals surface area contributed by atoms with Crippen LogP contribution in [0.4, 0.5) is 5.69 Å². The molecule has 1 aromatic carbocycles. The Morgan fingerprint density at radius 3 is 2.92 bits per heavy atom. The van der Waals surface area contributed by atoms with E-state index < -0.39 is 18.2 Å². The van der Waals surface area contributed by atoms with Crippen molar-refractivity contribution in [2.75, 3.05) is 12.4 Å². The molecule has 1 aliphatic heterocycles. The van der Waals surface area contributed by atoms with Crippen LogP contribution in [0.15, 0.2) is 18.2 Å². The summed E-state index contributed by atoms with van der Waals surface area (Å²) < 4.78 is 10.8. The van der Waals surface area contributed by atoms with Crippen molar-refractivity contribution in [2.45, 2.75) is 50.6 Å². The Kier molecular flexibility index (Phi) is 6.96. The molecule has 0 saturated carbocycles. The molecule has 2 rings (SSSR count). The van der Waals surface area contributed by atoms with E-state index in [0.29, 0.717) is 25.9 Å². The molecule has 6 nitrogen and oxygen atoms in total. The fourth-order valence-electron chi connectivity index (χ4n) is 2.93. The molecule has 0 aliphatic carbocycles. The van der Waals surface area contributed by atoms with Gasteiger partial charge in [-0.3, -0.25) is 0 Å². The monoisotopic (exact) mass is 353 g/mol. The normalized spacial score (nSPS) is 23.5. The zero-order chi connectivity index (χ0) is 17.5. The molecule has 1 aromatic rings. The summed E-state index contributed by atoms with van der Waals surface area (Å²) in [6.07, 6.45) is 0.114. The lowest BCUT2D eigenvalue weighted by Gasteiger charge is -2.31. The van der Waals surface area contributed by atoms with Gasteiger partial charge in [0.15, 0.2) is 6.10 Å². The number of aliphatic hydroxyl groups is 1. The lowest BCUT2D eigenvalue weighted by Crippen LogP contribution is -2.40. The fraction of sp³-hybridized carbons (Fsp3) is 0.529. The molecule has 3 N–H and O–H groups in total. The molecule has 24 heavy (non-hydrogen) atoms. The van der Waals surface area contributed by atoms with Gasteiger partial charge in [-0.05, 0) is 54.7 Å². The predicted molar refractivity (Wildman–Crippen MR) is 94.3 cm³/mol. The van der Waals surface area contributed by atoms with Crippen molar-refractivity contribution < 1.29 is 24.5 Å². The number of nitrogens with one attached hydrogen (secondary N) is 1. The van der Waals surface area contributed by atoms with E-state index in [4.69, 9.17) is 26.8 Å². The Bertz CT molecular complexity index is 580. The number of carboxylic acids is 1. The van der Waals surface area contributed by atoms with Crippen LogP contribution in [-0.2, 0) is 27.3 Å². The summed E-state index contributed by atoms with van der Waals surface area (Å²) in [5.74, 6) is -1.02. The van der Waals surface area contributed by atoms with E-state index in [1.54, 1.807) is 0 Å². The molecule has 132 valence electrons. The van der Waals surface area contributed by atoms with Crippen molar-refractivity contribution in [3.63, 3.8) is 0 Å². The van der Waals surface area contributed by atoms with E-state index in [2.05, 4.69) is 5.32 Å². The third-order valence-corrected chi connectivity index (χ3v) is 4.33. The zero-order valence-electron chi connectivity index (χ0n) is 13.6. The van der Waals surface area contributed by atoms with E-state index in [9.17, 15) is 9.90 Å². The number of carbonyl (C=O) groups is 1. The van der Waals surface area contributed by atoms with Crippen LogP contribution in [0.25, 0.3) is 0 Å². The van der Waals surface area contributed by atoms with E-state index in [1.807, 2.05) is 25.2 Å². The molecule has 0 radical (unpaired) electrons. The molecule has 7 heteroatoms. The molecule has 1 saturated heterocycles. The summed E-state index contributed by atoms with van der Waals surface area (Å²) in [7, 11) is 1.85. The molecular formula is C17H23NO5S. The van der Waals surface area contributed by atoms with Crippen LogP contribution in [0, 0.1) is 0 Å². The minimum absolute atomic E-state index is 0.148. The number of anilines is 1. The second-order valence-corrected chi connectivity index (χ2v) is 6.08. The van der Waals surface area contributed by atoms with Crippen LogP contribution in [-0.4, -0.2) is 47.1 Å². The number of carboxylic acid groups (broad SMARTS) is 1. The summed E-state index contributed by atoms with van der Waals surface area (Å²) in [6.45, 7) is 0.398. The van der Waals surface area contributed by atoms with E-state index in [-0.39, 0.29) is 12.5 Å². The van der Waals surface area contributed by atoms with Gasteiger partial charge < -0.3 is 25.0 Å². The first-order chi connectivity index (χ1) is 11.5. The highest BCUT2D eigenvalue weighted by molar-refractivity contribution is 7.78. The van der Waals surface area contributed by atoms with Crippen LogP contribution in [0.3, 0.4) is 0 Å². The van der Waals surface area contributed by atoms with Crippen LogP contribution in [0.2, 0.25) is 0 Å². The van der Waals surface area contributed by atoms with E-state index in [0.717, 1.165) is 16.8 Å². The Morgan fingerprint density at radius 2 is 2.25 bits per heavy atom. The van der Waals surface area contributed by atoms with Gasteiger partial charge in [0.2, 0.25) is 0 Å². The van der Waals surface area contributed by atoms with Gasteiger partial charge >= 0.3 is 5.97 Å². The van der Waals surface area contributed by atoms with Gasteiger partial charge in [-0.25, -0.2) is 4.79 Å². The largest absolute Gasteiger partial charge is 0.485 e. The highest BCUT2D eigenvalue weighted by Crippen LogP contribution is 2.25. The fourth-order valence-corrected chi connectivity index (χ4v) is 3.00. The first-order valence-electron chi connectivity index (χ1n) is 7.94. The molecule has 1 fully saturated rings. The van der Waals surface area contributed by atoms with Crippen LogP contribution >= 0.6 is 12.2 Å². The Hall–Kier alpha value is -1.70. The van der Waals surface area contributed by atoms with Gasteiger partial charge in [-0.2, -0.15) is 0 Å². The van der Waals surface area contributed by atoms with Gasteiger partial charge in [-0.15, -0.1) is 0 Å². The topological polar surface area (TPSA) is 88.0 Å². The number of rotatable bonds is 8. The smallest absolute Gasteiger partial charge is 0.332 e. The average Bonchev–Trinajstić information content (AvgIpc) is 2.57. The molecule has 0 amide bonds. The Morgan fingerprint density at radius 1 is 1.46 bits per heavy atom. The maximum Gasteiger partial charge on any atom is 0.332 e. The summed E-state index contributed by atoms with van der Waals surface area (Å²) in [6, 6.07) is 5.99. The van der Waals surface area contributed by atoms with Crippen molar-refractivity contribution in [3.8, 4) is 0 Å². The molecule has 0 spiro atoms. The average molecular weight is 353 g/mol. The molecular weight excluding hydrogens is 330 g/mol. The number of ether oxygens (including phenoxy) is 2. The predicted octanol–water partition coefficient (Wildman–Crippen LogP) is 2.13. The molecule has 3 unspecified atom stereocenters. The second kappa shape index (κ2) is 8.96. The van der Waals surface area contributed by atoms with Crippen LogP contribution < -0.4 is 5.32 Å². The molecule has 3 atom stereocenters. The highest BCUT2D eigenvalue weighted by atomic mass is 32.1. The van der Waals surface area contributed by atoms with Crippen molar-refractivity contribution >= 4 is 29.4 Å². The minimum Gasteiger partial charge on any atom is -0.485 e. The van der Waals surface area contributed by atoms with Gasteiger partial charge in [0, 0.05) is 19.2 Å². The maximum atomic E-state index is 11.1. The standard InChI is InChI=1S/C17H23NO5S/c1-18-13-4-2-12(9-22-10-24)11(6-13)3-5-15-7-14(19)8-16(23-15)17(20)21/h2,4,6,10,14-16,18-19H,3,5,7-9H2,1H3,(H,20,21). The number of benzene rings is 1. The Labute approximate surface area is 146 Å². The minimum atomic E-state index is -1.02. The number of aliphatic carboxylic acids is 1. The van der Waals surface area contributed by atoms with Gasteiger partial charge in [-0.1, -0.05) is 6.07 Å². The van der Waals surface area contributed by atoms with Crippen LogP contribution in [0.5, 0.6) is 0 Å². The number of aryl methyl sites for hydroxylation is 1. The zero-order valence-corrected chi connectivity index (χ0v) is 14.4. The second-order valence-electron chi connectivity index (χ2n) is 5.89. The van der Waals surface area contributed by atoms with Crippen molar-refractivity contribution in [2.24, 2.45) is 0 Å². The molecule has 1 heterocycles.